The summed E-state index contributed by atoms with van der Waals surface area (Å²) in [5.41, 5.74) is 2.53. The van der Waals surface area contributed by atoms with Crippen LogP contribution in [-0.2, 0) is 16.0 Å². The molecule has 1 amide bonds. The zero-order valence-corrected chi connectivity index (χ0v) is 12.0. The number of carbonyl (C=O) groups excluding carboxylic acids is 1. The largest absolute Gasteiger partial charge is 0.481 e. The Hall–Kier alpha value is -1.84. The van der Waals surface area contributed by atoms with E-state index in [1.165, 1.54) is 11.1 Å². The van der Waals surface area contributed by atoms with Crippen LogP contribution in [-0.4, -0.2) is 17.0 Å². The smallest absolute Gasteiger partial charge is 0.306 e. The molecule has 3 rings (SSSR count). The molecule has 2 aliphatic rings. The Balaban J connectivity index is 1.63. The van der Waals surface area contributed by atoms with Crippen molar-refractivity contribution < 1.29 is 14.7 Å². The fourth-order valence-electron chi connectivity index (χ4n) is 3.65. The minimum absolute atomic E-state index is 0.0302. The van der Waals surface area contributed by atoms with Gasteiger partial charge >= 0.3 is 5.97 Å². The summed E-state index contributed by atoms with van der Waals surface area (Å²) in [6.45, 7) is 0. The van der Waals surface area contributed by atoms with Crippen molar-refractivity contribution in [2.75, 3.05) is 0 Å². The van der Waals surface area contributed by atoms with Crippen molar-refractivity contribution in [3.05, 3.63) is 35.4 Å². The molecule has 3 atom stereocenters. The molecule has 0 saturated heterocycles. The lowest BCUT2D eigenvalue weighted by atomic mass is 9.81. The number of amides is 1. The van der Waals surface area contributed by atoms with Crippen LogP contribution in [0.15, 0.2) is 24.3 Å². The van der Waals surface area contributed by atoms with Crippen molar-refractivity contribution in [1.82, 2.24) is 5.32 Å². The highest BCUT2D eigenvalue weighted by Crippen LogP contribution is 2.33. The van der Waals surface area contributed by atoms with Crippen LogP contribution in [0.4, 0.5) is 0 Å². The molecule has 1 saturated carbocycles. The second-order valence-electron chi connectivity index (χ2n) is 6.20. The molecule has 1 aromatic rings. The third-order valence-corrected chi connectivity index (χ3v) is 4.84. The van der Waals surface area contributed by atoms with Gasteiger partial charge in [-0.3, -0.25) is 9.59 Å². The van der Waals surface area contributed by atoms with Crippen molar-refractivity contribution in [1.29, 1.82) is 0 Å². The fraction of sp³-hybridized carbons (Fsp3) is 0.529. The first-order chi connectivity index (χ1) is 10.1. The molecule has 0 aliphatic heterocycles. The highest BCUT2D eigenvalue weighted by Gasteiger charge is 2.33. The van der Waals surface area contributed by atoms with Crippen LogP contribution < -0.4 is 5.32 Å². The van der Waals surface area contributed by atoms with Crippen molar-refractivity contribution in [3.8, 4) is 0 Å². The topological polar surface area (TPSA) is 66.4 Å². The van der Waals surface area contributed by atoms with Gasteiger partial charge in [0.05, 0.1) is 12.0 Å². The van der Waals surface area contributed by atoms with Gasteiger partial charge in [-0.15, -0.1) is 0 Å². The van der Waals surface area contributed by atoms with Crippen LogP contribution >= 0.6 is 0 Å². The molecule has 0 spiro atoms. The standard InChI is InChI=1S/C17H21NO3/c19-16(12-5-3-6-13(10-12)17(20)21)18-15-9-8-11-4-1-2-7-14(11)15/h1-2,4,7,12-13,15H,3,5-6,8-10H2,(H,18,19)(H,20,21). The zero-order valence-electron chi connectivity index (χ0n) is 12.0. The molecular formula is C17H21NO3. The maximum Gasteiger partial charge on any atom is 0.306 e. The average Bonchev–Trinajstić information content (AvgIpc) is 2.91. The molecule has 3 unspecified atom stereocenters. The van der Waals surface area contributed by atoms with Crippen molar-refractivity contribution in [2.45, 2.75) is 44.6 Å². The van der Waals surface area contributed by atoms with Gasteiger partial charge in [0.1, 0.15) is 0 Å². The second-order valence-corrected chi connectivity index (χ2v) is 6.20. The quantitative estimate of drug-likeness (QED) is 0.898. The van der Waals surface area contributed by atoms with Crippen LogP contribution in [0.5, 0.6) is 0 Å². The van der Waals surface area contributed by atoms with Gasteiger partial charge in [-0.25, -0.2) is 0 Å². The van der Waals surface area contributed by atoms with Gasteiger partial charge in [-0.2, -0.15) is 0 Å². The molecule has 0 radical (unpaired) electrons. The Morgan fingerprint density at radius 2 is 1.86 bits per heavy atom. The van der Waals surface area contributed by atoms with Gasteiger partial charge in [-0.05, 0) is 43.2 Å². The van der Waals surface area contributed by atoms with E-state index in [4.69, 9.17) is 5.11 Å². The molecule has 4 heteroatoms. The van der Waals surface area contributed by atoms with E-state index in [0.29, 0.717) is 12.8 Å². The van der Waals surface area contributed by atoms with E-state index in [1.54, 1.807) is 0 Å². The lowest BCUT2D eigenvalue weighted by Crippen LogP contribution is -2.36. The lowest BCUT2D eigenvalue weighted by molar-refractivity contribution is -0.144. The molecule has 4 nitrogen and oxygen atoms in total. The third kappa shape index (κ3) is 2.94. The summed E-state index contributed by atoms with van der Waals surface area (Å²) >= 11 is 0. The van der Waals surface area contributed by atoms with Gasteiger partial charge in [0.15, 0.2) is 0 Å². The normalized spacial score (nSPS) is 27.9. The Morgan fingerprint density at radius 1 is 1.10 bits per heavy atom. The summed E-state index contributed by atoms with van der Waals surface area (Å²) in [6, 6.07) is 8.32. The van der Waals surface area contributed by atoms with Crippen LogP contribution in [0.3, 0.4) is 0 Å². The molecule has 1 fully saturated rings. The van der Waals surface area contributed by atoms with Crippen LogP contribution in [0.2, 0.25) is 0 Å². The van der Waals surface area contributed by atoms with E-state index in [-0.39, 0.29) is 23.8 Å². The first-order valence-electron chi connectivity index (χ1n) is 7.76. The molecule has 21 heavy (non-hydrogen) atoms. The number of benzene rings is 1. The molecule has 1 aromatic carbocycles. The molecule has 112 valence electrons. The molecule has 0 heterocycles. The van der Waals surface area contributed by atoms with Gasteiger partial charge in [-0.1, -0.05) is 30.7 Å². The van der Waals surface area contributed by atoms with Gasteiger partial charge in [0, 0.05) is 5.92 Å². The third-order valence-electron chi connectivity index (χ3n) is 4.84. The van der Waals surface area contributed by atoms with E-state index < -0.39 is 5.97 Å². The predicted molar refractivity (Wildman–Crippen MR) is 78.7 cm³/mol. The Kier molecular flexibility index (Phi) is 3.95. The summed E-state index contributed by atoms with van der Waals surface area (Å²) in [7, 11) is 0. The van der Waals surface area contributed by atoms with E-state index >= 15 is 0 Å². The number of hydrogen-bond acceptors (Lipinski definition) is 2. The van der Waals surface area contributed by atoms with Crippen molar-refractivity contribution in [2.24, 2.45) is 11.8 Å². The van der Waals surface area contributed by atoms with Gasteiger partial charge < -0.3 is 10.4 Å². The number of carboxylic acid groups (broad SMARTS) is 1. The maximum absolute atomic E-state index is 12.4. The number of carboxylic acids is 1. The first kappa shape index (κ1) is 14.1. The summed E-state index contributed by atoms with van der Waals surface area (Å²) in [6.07, 6.45) is 4.77. The maximum atomic E-state index is 12.4. The minimum Gasteiger partial charge on any atom is -0.481 e. The van der Waals surface area contributed by atoms with Crippen LogP contribution in [0, 0.1) is 11.8 Å². The predicted octanol–water partition coefficient (Wildman–Crippen LogP) is 2.68. The van der Waals surface area contributed by atoms with E-state index in [2.05, 4.69) is 17.4 Å². The van der Waals surface area contributed by atoms with Crippen molar-refractivity contribution in [3.63, 3.8) is 0 Å². The molecule has 0 bridgehead atoms. The SMILES string of the molecule is O=C(O)C1CCCC(C(=O)NC2CCc3ccccc32)C1. The number of fused-ring (bicyclic) bond motifs is 1. The fourth-order valence-corrected chi connectivity index (χ4v) is 3.65. The van der Waals surface area contributed by atoms with E-state index in [1.807, 2.05) is 12.1 Å². The molecule has 2 N–H and O–H groups in total. The van der Waals surface area contributed by atoms with Crippen LogP contribution in [0.1, 0.15) is 49.3 Å². The number of nitrogens with one attached hydrogen (secondary N) is 1. The summed E-state index contributed by atoms with van der Waals surface area (Å²) in [5.74, 6) is -1.24. The Morgan fingerprint density at radius 3 is 2.67 bits per heavy atom. The summed E-state index contributed by atoms with van der Waals surface area (Å²) in [5, 5.41) is 12.3. The van der Waals surface area contributed by atoms with E-state index in [9.17, 15) is 9.59 Å². The monoisotopic (exact) mass is 287 g/mol. The first-order valence-corrected chi connectivity index (χ1v) is 7.76. The van der Waals surface area contributed by atoms with Gasteiger partial charge in [0.25, 0.3) is 0 Å². The average molecular weight is 287 g/mol. The molecular weight excluding hydrogens is 266 g/mol. The minimum atomic E-state index is -0.765. The van der Waals surface area contributed by atoms with Gasteiger partial charge in [0.2, 0.25) is 5.91 Å². The van der Waals surface area contributed by atoms with E-state index in [0.717, 1.165) is 25.7 Å². The van der Waals surface area contributed by atoms with Crippen molar-refractivity contribution >= 4 is 11.9 Å². The molecule has 2 aliphatic carbocycles. The van der Waals surface area contributed by atoms with Crippen LogP contribution in [0.25, 0.3) is 0 Å². The Labute approximate surface area is 124 Å². The lowest BCUT2D eigenvalue weighted by Gasteiger charge is -2.27. The number of aliphatic carboxylic acids is 1. The number of hydrogen-bond donors (Lipinski definition) is 2. The number of aryl methyl sites for hydroxylation is 1. The second kappa shape index (κ2) is 5.88. The number of rotatable bonds is 3. The Bertz CT molecular complexity index is 555. The number of carbonyl (C=O) groups is 2. The zero-order chi connectivity index (χ0) is 14.8. The highest BCUT2D eigenvalue weighted by atomic mass is 16.4. The summed E-state index contributed by atoms with van der Waals surface area (Å²) < 4.78 is 0. The summed E-state index contributed by atoms with van der Waals surface area (Å²) in [4.78, 5) is 23.5. The molecule has 0 aromatic heterocycles. The highest BCUT2D eigenvalue weighted by molar-refractivity contribution is 5.80.